The fourth-order valence-electron chi connectivity index (χ4n) is 8.01. The number of anilines is 1. The van der Waals surface area contributed by atoms with Crippen molar-refractivity contribution < 1.29 is 13.9 Å². The van der Waals surface area contributed by atoms with Crippen molar-refractivity contribution >= 4 is 56.6 Å². The van der Waals surface area contributed by atoms with Crippen LogP contribution in [0.25, 0.3) is 44.5 Å². The number of halogens is 2. The van der Waals surface area contributed by atoms with Crippen molar-refractivity contribution in [3.63, 3.8) is 0 Å². The van der Waals surface area contributed by atoms with Gasteiger partial charge >= 0.3 is 0 Å². The van der Waals surface area contributed by atoms with Gasteiger partial charge in [-0.2, -0.15) is 5.10 Å². The summed E-state index contributed by atoms with van der Waals surface area (Å²) in [5.41, 5.74) is 10.9. The minimum absolute atomic E-state index is 0.0634. The zero-order chi connectivity index (χ0) is 36.6. The average Bonchev–Trinajstić information content (AvgIpc) is 3.89. The molecule has 1 amide bonds. The van der Waals surface area contributed by atoms with Gasteiger partial charge in [-0.1, -0.05) is 35.3 Å². The summed E-state index contributed by atoms with van der Waals surface area (Å²) in [6.07, 6.45) is 2.64. The van der Waals surface area contributed by atoms with Gasteiger partial charge in [0.25, 0.3) is 11.8 Å². The number of hydrogen-bond acceptors (Lipinski definition) is 6. The number of hydrogen-bond donors (Lipinski definition) is 0. The van der Waals surface area contributed by atoms with Gasteiger partial charge in [0.15, 0.2) is 0 Å². The number of nitrogens with zero attached hydrogens (tertiary/aromatic N) is 7. The fraction of sp³-hybridized carbons (Fsp3) is 0.300. The highest BCUT2D eigenvalue weighted by Crippen LogP contribution is 2.46. The number of amides is 1. The predicted molar refractivity (Wildman–Crippen MR) is 206 cm³/mol. The van der Waals surface area contributed by atoms with Crippen LogP contribution < -0.4 is 9.64 Å². The van der Waals surface area contributed by atoms with Crippen LogP contribution in [0.5, 0.6) is 5.75 Å². The summed E-state index contributed by atoms with van der Waals surface area (Å²) in [5, 5.41) is 16.1. The van der Waals surface area contributed by atoms with Gasteiger partial charge in [0.1, 0.15) is 17.1 Å². The van der Waals surface area contributed by atoms with Gasteiger partial charge in [-0.05, 0) is 101 Å². The van der Waals surface area contributed by atoms with E-state index in [1.807, 2.05) is 91.5 Å². The lowest BCUT2D eigenvalue weighted by molar-refractivity contribution is 0.0957. The van der Waals surface area contributed by atoms with E-state index in [0.717, 1.165) is 83.2 Å². The molecule has 0 bridgehead atoms. The normalized spacial score (nSPS) is 14.6. The average molecular weight is 737 g/mol. The van der Waals surface area contributed by atoms with Crippen molar-refractivity contribution in [1.82, 2.24) is 29.1 Å². The molecule has 0 fully saturated rings. The number of aryl methyl sites for hydroxylation is 6. The molecule has 10 nitrogen and oxygen atoms in total. The van der Waals surface area contributed by atoms with Gasteiger partial charge in [0.05, 0.1) is 34.0 Å². The Morgan fingerprint density at radius 1 is 0.981 bits per heavy atom. The first kappa shape index (κ1) is 34.0. The molecule has 0 saturated carbocycles. The summed E-state index contributed by atoms with van der Waals surface area (Å²) in [7, 11) is 3.91. The van der Waals surface area contributed by atoms with E-state index in [-0.39, 0.29) is 11.9 Å². The zero-order valence-corrected chi connectivity index (χ0v) is 31.7. The van der Waals surface area contributed by atoms with Crippen molar-refractivity contribution in [1.29, 1.82) is 0 Å². The smallest absolute Gasteiger partial charge is 0.275 e. The van der Waals surface area contributed by atoms with Crippen LogP contribution in [0.2, 0.25) is 10.0 Å². The Bertz CT molecular complexity index is 2520. The van der Waals surface area contributed by atoms with Crippen LogP contribution in [0.3, 0.4) is 0 Å². The number of carbonyl (C=O) groups excluding carboxylic acids is 1. The lowest BCUT2D eigenvalue weighted by Crippen LogP contribution is -2.42. The van der Waals surface area contributed by atoms with E-state index in [9.17, 15) is 0 Å². The molecule has 12 heteroatoms. The molecule has 8 rings (SSSR count). The second kappa shape index (κ2) is 12.9. The first-order chi connectivity index (χ1) is 25.0. The van der Waals surface area contributed by atoms with E-state index in [4.69, 9.17) is 37.5 Å². The maximum absolute atomic E-state index is 15.1. The summed E-state index contributed by atoms with van der Waals surface area (Å²) < 4.78 is 17.9. The van der Waals surface area contributed by atoms with Crippen LogP contribution in [0.15, 0.2) is 59.3 Å². The van der Waals surface area contributed by atoms with E-state index in [1.165, 1.54) is 6.39 Å². The van der Waals surface area contributed by atoms with Gasteiger partial charge in [-0.15, -0.1) is 10.2 Å². The molecule has 0 aliphatic carbocycles. The summed E-state index contributed by atoms with van der Waals surface area (Å²) in [6, 6.07) is 15.9. The molecule has 4 aromatic heterocycles. The summed E-state index contributed by atoms with van der Waals surface area (Å²) in [5.74, 6) is 1.14. The van der Waals surface area contributed by atoms with E-state index in [0.29, 0.717) is 42.6 Å². The van der Waals surface area contributed by atoms with E-state index < -0.39 is 0 Å². The third kappa shape index (κ3) is 5.30. The highest BCUT2D eigenvalue weighted by molar-refractivity contribution is 6.35. The topological polar surface area (TPSA) is 96.1 Å². The van der Waals surface area contributed by atoms with E-state index in [1.54, 1.807) is 0 Å². The second-order valence-corrected chi connectivity index (χ2v) is 14.6. The Morgan fingerprint density at radius 2 is 1.75 bits per heavy atom. The van der Waals surface area contributed by atoms with Crippen LogP contribution >= 0.6 is 23.2 Å². The molecule has 3 aromatic carbocycles. The Labute approximate surface area is 311 Å². The number of aromatic nitrogens is 6. The highest BCUT2D eigenvalue weighted by Gasteiger charge is 2.37. The predicted octanol–water partition coefficient (Wildman–Crippen LogP) is 9.36. The van der Waals surface area contributed by atoms with Gasteiger partial charge in [-0.25, -0.2) is 0 Å². The van der Waals surface area contributed by atoms with Gasteiger partial charge in [0.2, 0.25) is 6.39 Å². The summed E-state index contributed by atoms with van der Waals surface area (Å²) >= 11 is 13.5. The third-order valence-corrected chi connectivity index (χ3v) is 11.4. The molecule has 0 radical (unpaired) electrons. The molecule has 266 valence electrons. The number of carbonyl (C=O) groups is 1. The molecule has 0 unspecified atom stereocenters. The van der Waals surface area contributed by atoms with Crippen molar-refractivity contribution in [2.24, 2.45) is 14.1 Å². The van der Waals surface area contributed by atoms with Crippen molar-refractivity contribution in [2.75, 3.05) is 18.1 Å². The number of ether oxygens (including phenoxy) is 1. The van der Waals surface area contributed by atoms with Gasteiger partial charge < -0.3 is 23.2 Å². The molecule has 5 heterocycles. The molecule has 0 saturated heterocycles. The van der Waals surface area contributed by atoms with Crippen molar-refractivity contribution in [2.45, 2.75) is 53.5 Å². The Hall–Kier alpha value is -5.06. The molecule has 1 aliphatic rings. The number of benzene rings is 3. The first-order valence-electron chi connectivity index (χ1n) is 17.4. The third-order valence-electron chi connectivity index (χ3n) is 10.5. The molecule has 0 N–H and O–H groups in total. The standard InChI is InChI=1S/C40H39Cl2N7O3/c1-21-16-26(17-22(2)36(21)42)51-15-9-10-27-28-13-14-30(41)35(34-24(4)45-47(7)25(34)5)37(28)49-23(3)19-48(40(50)38(27)49)32-12-8-11-31-29(32)18-33(46(31)6)39-44-43-20-52-39/h8,11-14,16-18,20,23H,9-10,15,19H2,1-7H3/t23-/m1/s1. The highest BCUT2D eigenvalue weighted by atomic mass is 35.5. The molecule has 1 atom stereocenters. The molecule has 7 aromatic rings. The summed E-state index contributed by atoms with van der Waals surface area (Å²) in [6.45, 7) is 11.1. The monoisotopic (exact) mass is 735 g/mol. The molecule has 52 heavy (non-hydrogen) atoms. The second-order valence-electron chi connectivity index (χ2n) is 13.8. The van der Waals surface area contributed by atoms with Crippen LogP contribution in [0.1, 0.15) is 58.0 Å². The van der Waals surface area contributed by atoms with Crippen LogP contribution in [0, 0.1) is 27.7 Å². The fourth-order valence-corrected chi connectivity index (χ4v) is 8.36. The molecule has 0 spiro atoms. The van der Waals surface area contributed by atoms with E-state index in [2.05, 4.69) is 34.7 Å². The lowest BCUT2D eigenvalue weighted by Gasteiger charge is -2.34. The van der Waals surface area contributed by atoms with Crippen LogP contribution in [-0.2, 0) is 20.5 Å². The maximum Gasteiger partial charge on any atom is 0.275 e. The van der Waals surface area contributed by atoms with Crippen LogP contribution in [-0.4, -0.2) is 48.2 Å². The Balaban J connectivity index is 1.26. The Morgan fingerprint density at radius 3 is 2.44 bits per heavy atom. The Kier molecular flexibility index (Phi) is 8.42. The van der Waals surface area contributed by atoms with Crippen molar-refractivity contribution in [3.8, 4) is 28.5 Å². The number of rotatable bonds is 8. The number of fused-ring (bicyclic) bond motifs is 4. The zero-order valence-electron chi connectivity index (χ0n) is 30.2. The first-order valence-corrected chi connectivity index (χ1v) is 18.1. The quantitative estimate of drug-likeness (QED) is 0.144. The van der Waals surface area contributed by atoms with Gasteiger partial charge in [0, 0.05) is 59.3 Å². The van der Waals surface area contributed by atoms with Crippen LogP contribution in [0.4, 0.5) is 5.69 Å². The summed E-state index contributed by atoms with van der Waals surface area (Å²) in [4.78, 5) is 17.0. The SMILES string of the molecule is Cc1cc(OCCCc2c3n(c4c(-c5c(C)nn(C)c5C)c(Cl)ccc24)[C@H](C)CN(c2cccc4c2cc(-c2nnco2)n4C)C3=O)cc(C)c1Cl. The van der Waals surface area contributed by atoms with Crippen molar-refractivity contribution in [3.05, 3.63) is 98.7 Å². The molecule has 1 aliphatic heterocycles. The minimum Gasteiger partial charge on any atom is -0.494 e. The van der Waals surface area contributed by atoms with E-state index >= 15 is 4.79 Å². The lowest BCUT2D eigenvalue weighted by atomic mass is 9.98. The minimum atomic E-state index is -0.0795. The van der Waals surface area contributed by atoms with Gasteiger partial charge in [-0.3, -0.25) is 9.48 Å². The largest absolute Gasteiger partial charge is 0.494 e. The molecular weight excluding hydrogens is 697 g/mol. The maximum atomic E-state index is 15.1. The molecular formula is C40H39Cl2N7O3.